The van der Waals surface area contributed by atoms with Crippen LogP contribution in [-0.4, -0.2) is 4.92 Å². The van der Waals surface area contributed by atoms with Crippen LogP contribution in [0.4, 0.5) is 15.8 Å². The van der Waals surface area contributed by atoms with Crippen LogP contribution in [0, 0.1) is 22.9 Å². The molecule has 0 heterocycles. The molecule has 0 atom stereocenters. The van der Waals surface area contributed by atoms with E-state index in [0.717, 1.165) is 5.56 Å². The van der Waals surface area contributed by atoms with Crippen molar-refractivity contribution in [3.63, 3.8) is 0 Å². The number of hydrogen-bond acceptors (Lipinski definition) is 3. The molecule has 2 aromatic rings. The number of anilines is 1. The molecule has 21 heavy (non-hydrogen) atoms. The van der Waals surface area contributed by atoms with Gasteiger partial charge in [0.2, 0.25) is 0 Å². The lowest BCUT2D eigenvalue weighted by atomic mass is 10.1. The van der Waals surface area contributed by atoms with E-state index in [1.807, 2.05) is 0 Å². The van der Waals surface area contributed by atoms with Crippen molar-refractivity contribution in [2.45, 2.75) is 13.5 Å². The molecule has 2 aromatic carbocycles. The summed E-state index contributed by atoms with van der Waals surface area (Å²) < 4.78 is 13.3. The van der Waals surface area contributed by atoms with E-state index in [4.69, 9.17) is 23.2 Å². The fourth-order valence-electron chi connectivity index (χ4n) is 1.91. The average Bonchev–Trinajstić information content (AvgIpc) is 2.43. The molecule has 0 radical (unpaired) electrons. The maximum absolute atomic E-state index is 13.3. The summed E-state index contributed by atoms with van der Waals surface area (Å²) in [7, 11) is 0. The van der Waals surface area contributed by atoms with Crippen LogP contribution in [0.1, 0.15) is 11.1 Å². The van der Waals surface area contributed by atoms with Crippen molar-refractivity contribution in [2.75, 3.05) is 5.32 Å². The molecule has 0 spiro atoms. The van der Waals surface area contributed by atoms with E-state index in [-0.39, 0.29) is 15.7 Å². The largest absolute Gasteiger partial charge is 0.381 e. The van der Waals surface area contributed by atoms with E-state index in [1.54, 1.807) is 19.1 Å². The highest BCUT2D eigenvalue weighted by Crippen LogP contribution is 2.28. The van der Waals surface area contributed by atoms with Crippen molar-refractivity contribution in [3.8, 4) is 0 Å². The van der Waals surface area contributed by atoms with Gasteiger partial charge in [-0.3, -0.25) is 10.1 Å². The van der Waals surface area contributed by atoms with Gasteiger partial charge in [0, 0.05) is 23.9 Å². The lowest BCUT2D eigenvalue weighted by molar-refractivity contribution is -0.385. The Labute approximate surface area is 130 Å². The van der Waals surface area contributed by atoms with Crippen molar-refractivity contribution >= 4 is 34.6 Å². The number of nitrogens with one attached hydrogen (secondary N) is 1. The molecule has 7 heteroatoms. The molecule has 0 saturated heterocycles. The van der Waals surface area contributed by atoms with E-state index < -0.39 is 10.7 Å². The van der Waals surface area contributed by atoms with E-state index >= 15 is 0 Å². The van der Waals surface area contributed by atoms with Crippen LogP contribution in [0.5, 0.6) is 0 Å². The fraction of sp³-hybridized carbons (Fsp3) is 0.143. The molecule has 0 amide bonds. The fourth-order valence-corrected chi connectivity index (χ4v) is 2.40. The van der Waals surface area contributed by atoms with E-state index in [0.29, 0.717) is 17.8 Å². The Kier molecular flexibility index (Phi) is 4.65. The lowest BCUT2D eigenvalue weighted by Gasteiger charge is -2.10. The number of nitro benzene ring substituents is 1. The minimum absolute atomic E-state index is 0.0597. The molecule has 0 bridgehead atoms. The van der Waals surface area contributed by atoms with Crippen LogP contribution in [0.15, 0.2) is 30.3 Å². The van der Waals surface area contributed by atoms with Gasteiger partial charge in [0.15, 0.2) is 5.82 Å². The molecule has 4 nitrogen and oxygen atoms in total. The number of hydrogen-bond donors (Lipinski definition) is 1. The number of halogens is 3. The number of nitrogens with zero attached hydrogens (tertiary/aromatic N) is 1. The van der Waals surface area contributed by atoms with Gasteiger partial charge in [0.1, 0.15) is 0 Å². The minimum Gasteiger partial charge on any atom is -0.381 e. The topological polar surface area (TPSA) is 55.2 Å². The molecule has 2 rings (SSSR count). The van der Waals surface area contributed by atoms with Crippen molar-refractivity contribution < 1.29 is 9.31 Å². The maximum atomic E-state index is 13.3. The van der Waals surface area contributed by atoms with Gasteiger partial charge in [-0.1, -0.05) is 35.3 Å². The van der Waals surface area contributed by atoms with Crippen molar-refractivity contribution in [2.24, 2.45) is 0 Å². The second-order valence-corrected chi connectivity index (χ2v) is 5.24. The predicted molar refractivity (Wildman–Crippen MR) is 81.6 cm³/mol. The van der Waals surface area contributed by atoms with Crippen molar-refractivity contribution in [1.29, 1.82) is 0 Å². The van der Waals surface area contributed by atoms with Gasteiger partial charge < -0.3 is 5.32 Å². The SMILES string of the molecule is Cc1c(CNc2cc(Cl)c(F)c(Cl)c2)cccc1[N+](=O)[O-]. The number of benzene rings is 2. The van der Waals surface area contributed by atoms with E-state index in [2.05, 4.69) is 5.32 Å². The first kappa shape index (κ1) is 15.5. The Morgan fingerprint density at radius 2 is 1.90 bits per heavy atom. The van der Waals surface area contributed by atoms with E-state index in [9.17, 15) is 14.5 Å². The third-order valence-electron chi connectivity index (χ3n) is 3.08. The molecule has 1 N–H and O–H groups in total. The molecule has 110 valence electrons. The van der Waals surface area contributed by atoms with Crippen LogP contribution in [0.25, 0.3) is 0 Å². The van der Waals surface area contributed by atoms with Gasteiger partial charge in [0.05, 0.1) is 15.0 Å². The van der Waals surface area contributed by atoms with Crippen molar-refractivity contribution in [1.82, 2.24) is 0 Å². The standard InChI is InChI=1S/C14H11Cl2FN2O2/c1-8-9(3-2-4-13(8)19(20)21)7-18-10-5-11(15)14(17)12(16)6-10/h2-6,18H,7H2,1H3. The van der Waals surface area contributed by atoms with Crippen LogP contribution >= 0.6 is 23.2 Å². The van der Waals surface area contributed by atoms with Gasteiger partial charge in [-0.25, -0.2) is 4.39 Å². The van der Waals surface area contributed by atoms with Crippen LogP contribution < -0.4 is 5.32 Å². The van der Waals surface area contributed by atoms with Gasteiger partial charge in [-0.15, -0.1) is 0 Å². The predicted octanol–water partition coefficient (Wildman–Crippen LogP) is 4.96. The third kappa shape index (κ3) is 3.43. The molecule has 0 saturated carbocycles. The zero-order valence-electron chi connectivity index (χ0n) is 11.0. The zero-order chi connectivity index (χ0) is 15.6. The second-order valence-electron chi connectivity index (χ2n) is 4.43. The van der Waals surface area contributed by atoms with Crippen molar-refractivity contribution in [3.05, 3.63) is 67.4 Å². The summed E-state index contributed by atoms with van der Waals surface area (Å²) >= 11 is 11.4. The second kappa shape index (κ2) is 6.28. The minimum atomic E-state index is -0.671. The first-order valence-corrected chi connectivity index (χ1v) is 6.77. The Morgan fingerprint density at radius 1 is 1.29 bits per heavy atom. The molecule has 0 unspecified atom stereocenters. The van der Waals surface area contributed by atoms with Gasteiger partial charge >= 0.3 is 0 Å². The molecular weight excluding hydrogens is 318 g/mol. The first-order chi connectivity index (χ1) is 9.90. The molecule has 0 aliphatic carbocycles. The average molecular weight is 329 g/mol. The summed E-state index contributed by atoms with van der Waals surface area (Å²) in [5, 5.41) is 13.7. The molecule has 0 aliphatic rings. The molecule has 0 fully saturated rings. The quantitative estimate of drug-likeness (QED) is 0.490. The van der Waals surface area contributed by atoms with Crippen LogP contribution in [0.3, 0.4) is 0 Å². The van der Waals surface area contributed by atoms with Crippen LogP contribution in [0.2, 0.25) is 10.0 Å². The number of rotatable bonds is 4. The monoisotopic (exact) mass is 328 g/mol. The summed E-state index contributed by atoms with van der Waals surface area (Å²) in [5.74, 6) is -0.671. The highest BCUT2D eigenvalue weighted by molar-refractivity contribution is 6.35. The van der Waals surface area contributed by atoms with Gasteiger partial charge in [0.25, 0.3) is 5.69 Å². The van der Waals surface area contributed by atoms with Gasteiger partial charge in [-0.05, 0) is 24.6 Å². The lowest BCUT2D eigenvalue weighted by Crippen LogP contribution is -2.03. The Bertz CT molecular complexity index is 684. The first-order valence-electron chi connectivity index (χ1n) is 6.01. The third-order valence-corrected chi connectivity index (χ3v) is 3.63. The van der Waals surface area contributed by atoms with E-state index in [1.165, 1.54) is 18.2 Å². The summed E-state index contributed by atoms with van der Waals surface area (Å²) in [6.45, 7) is 2.02. The Hall–Kier alpha value is -1.85. The highest BCUT2D eigenvalue weighted by Gasteiger charge is 2.13. The smallest absolute Gasteiger partial charge is 0.272 e. The molecular formula is C14H11Cl2FN2O2. The zero-order valence-corrected chi connectivity index (χ0v) is 12.5. The molecule has 0 aromatic heterocycles. The Morgan fingerprint density at radius 3 is 2.48 bits per heavy atom. The molecule has 0 aliphatic heterocycles. The summed E-state index contributed by atoms with van der Waals surface area (Å²) in [6.07, 6.45) is 0. The van der Waals surface area contributed by atoms with Gasteiger partial charge in [-0.2, -0.15) is 0 Å². The summed E-state index contributed by atoms with van der Waals surface area (Å²) in [5.41, 5.74) is 1.94. The summed E-state index contributed by atoms with van der Waals surface area (Å²) in [4.78, 5) is 10.5. The van der Waals surface area contributed by atoms with Crippen LogP contribution in [-0.2, 0) is 6.54 Å². The summed E-state index contributed by atoms with van der Waals surface area (Å²) in [6, 6.07) is 7.67. The number of nitro groups is 1. The normalized spacial score (nSPS) is 10.5. The maximum Gasteiger partial charge on any atom is 0.272 e. The Balaban J connectivity index is 2.21. The highest BCUT2D eigenvalue weighted by atomic mass is 35.5.